The molecule has 12 heteroatoms. The lowest BCUT2D eigenvalue weighted by atomic mass is 10.0. The summed E-state index contributed by atoms with van der Waals surface area (Å²) < 4.78 is 54.4. The lowest BCUT2D eigenvalue weighted by molar-refractivity contribution is -0.138. The van der Waals surface area contributed by atoms with Crippen LogP contribution >= 0.6 is 0 Å². The number of hydrogen-bond donors (Lipinski definition) is 3. The molecule has 0 spiro atoms. The molecule has 0 bridgehead atoms. The Balaban J connectivity index is 1.87. The average molecular weight is 501 g/mol. The number of carbonyl (C=O) groups excluding carboxylic acids is 2. The van der Waals surface area contributed by atoms with Crippen LogP contribution in [0, 0.1) is 0 Å². The Morgan fingerprint density at radius 3 is 2.47 bits per heavy atom. The van der Waals surface area contributed by atoms with E-state index in [1.165, 1.54) is 6.07 Å². The van der Waals surface area contributed by atoms with Crippen molar-refractivity contribution in [3.05, 3.63) is 35.4 Å². The molecule has 9 nitrogen and oxygen atoms in total. The number of amides is 2. The van der Waals surface area contributed by atoms with E-state index >= 15 is 0 Å². The van der Waals surface area contributed by atoms with Crippen LogP contribution in [-0.4, -0.2) is 68.6 Å². The molecule has 2 saturated heterocycles. The van der Waals surface area contributed by atoms with E-state index in [2.05, 4.69) is 4.72 Å². The van der Waals surface area contributed by atoms with E-state index in [1.807, 2.05) is 4.90 Å². The molecule has 34 heavy (non-hydrogen) atoms. The van der Waals surface area contributed by atoms with Gasteiger partial charge in [0, 0.05) is 25.3 Å². The predicted molar refractivity (Wildman–Crippen MR) is 122 cm³/mol. The van der Waals surface area contributed by atoms with Crippen molar-refractivity contribution in [1.82, 2.24) is 9.62 Å². The van der Waals surface area contributed by atoms with E-state index < -0.39 is 34.0 Å². The van der Waals surface area contributed by atoms with Crippen molar-refractivity contribution in [2.75, 3.05) is 31.1 Å². The zero-order chi connectivity index (χ0) is 25.0. The maximum Gasteiger partial charge on any atom is 0.269 e. The van der Waals surface area contributed by atoms with Crippen molar-refractivity contribution in [2.24, 2.45) is 5.73 Å². The first-order valence-corrected chi connectivity index (χ1v) is 12.7. The summed E-state index contributed by atoms with van der Waals surface area (Å²) in [5.41, 5.74) is 6.47. The first-order chi connectivity index (χ1) is 16.1. The van der Waals surface area contributed by atoms with Crippen LogP contribution in [0.1, 0.15) is 38.2 Å². The molecule has 2 heterocycles. The highest BCUT2D eigenvalue weighted by atomic mass is 32.2. The zero-order valence-corrected chi connectivity index (χ0v) is 19.8. The first-order valence-electron chi connectivity index (χ1n) is 11.2. The summed E-state index contributed by atoms with van der Waals surface area (Å²) in [4.78, 5) is 28.0. The smallest absolute Gasteiger partial charge is 0.269 e. The number of piperidine rings is 1. The van der Waals surface area contributed by atoms with Crippen LogP contribution in [0.5, 0.6) is 0 Å². The standard InChI is InChI=1S/C22H30F2N4O5S/c1-2-16-17(28-10-4-5-15(28)13-29)6-3-7-18(16)34(32,33)26-19(21(25)30)22(31)27-11-8-14(9-12-27)20(23)24/h3,6-7,15,19,26,29H,2,4-5,8-13H2,1H3,(H2,25,30)/t15-,19-/m0/s1. The highest BCUT2D eigenvalue weighted by Crippen LogP contribution is 2.33. The maximum absolute atomic E-state index is 13.3. The quantitative estimate of drug-likeness (QED) is 0.458. The SMILES string of the molecule is CCc1c(N2CCC[C@H]2CO)cccc1S(=O)(=O)N[C@@H](C(N)=O)C(=O)N1CCC(=C(F)F)CC1. The molecular weight excluding hydrogens is 470 g/mol. The van der Waals surface area contributed by atoms with Gasteiger partial charge in [-0.25, -0.2) is 8.42 Å². The van der Waals surface area contributed by atoms with Gasteiger partial charge < -0.3 is 20.6 Å². The van der Waals surface area contributed by atoms with Gasteiger partial charge in [-0.2, -0.15) is 13.5 Å². The Morgan fingerprint density at radius 1 is 1.24 bits per heavy atom. The molecule has 188 valence electrons. The molecule has 0 aromatic heterocycles. The minimum atomic E-state index is -4.35. The monoisotopic (exact) mass is 500 g/mol. The van der Waals surface area contributed by atoms with E-state index in [4.69, 9.17) is 5.73 Å². The fourth-order valence-corrected chi connectivity index (χ4v) is 6.08. The molecule has 2 atom stereocenters. The number of sulfonamides is 1. The Morgan fingerprint density at radius 2 is 1.91 bits per heavy atom. The van der Waals surface area contributed by atoms with Gasteiger partial charge >= 0.3 is 0 Å². The molecule has 0 unspecified atom stereocenters. The molecule has 1 aromatic rings. The lowest BCUT2D eigenvalue weighted by Crippen LogP contribution is -2.56. The number of halogens is 2. The molecule has 0 aliphatic carbocycles. The van der Waals surface area contributed by atoms with E-state index in [0.717, 1.165) is 17.7 Å². The Hall–Kier alpha value is -2.57. The molecule has 3 rings (SSSR count). The van der Waals surface area contributed by atoms with Gasteiger partial charge in [-0.3, -0.25) is 9.59 Å². The minimum Gasteiger partial charge on any atom is -0.394 e. The maximum atomic E-state index is 13.3. The van der Waals surface area contributed by atoms with Crippen LogP contribution in [0.3, 0.4) is 0 Å². The highest BCUT2D eigenvalue weighted by molar-refractivity contribution is 7.89. The Labute approximate surface area is 197 Å². The normalized spacial score (nSPS) is 19.9. The summed E-state index contributed by atoms with van der Waals surface area (Å²) in [7, 11) is -4.35. The van der Waals surface area contributed by atoms with Gasteiger partial charge in [-0.1, -0.05) is 13.0 Å². The number of anilines is 1. The van der Waals surface area contributed by atoms with Crippen molar-refractivity contribution >= 4 is 27.5 Å². The molecule has 2 aliphatic rings. The second-order valence-corrected chi connectivity index (χ2v) is 10.1. The number of likely N-dealkylation sites (tertiary alicyclic amines) is 1. The Bertz CT molecular complexity index is 1070. The molecule has 2 amide bonds. The summed E-state index contributed by atoms with van der Waals surface area (Å²) in [6.45, 7) is 2.27. The summed E-state index contributed by atoms with van der Waals surface area (Å²) in [5, 5.41) is 9.69. The first kappa shape index (κ1) is 26.0. The van der Waals surface area contributed by atoms with Gasteiger partial charge in [0.1, 0.15) is 0 Å². The van der Waals surface area contributed by atoms with Crippen LogP contribution < -0.4 is 15.4 Å². The lowest BCUT2D eigenvalue weighted by Gasteiger charge is -2.31. The number of aliphatic hydroxyl groups excluding tert-OH is 1. The predicted octanol–water partition coefficient (Wildman–Crippen LogP) is 1.12. The molecule has 0 radical (unpaired) electrons. The number of nitrogens with one attached hydrogen (secondary N) is 1. The number of carbonyl (C=O) groups is 2. The fourth-order valence-electron chi connectivity index (χ4n) is 4.59. The third-order valence-corrected chi connectivity index (χ3v) is 7.91. The minimum absolute atomic E-state index is 0.0593. The topological polar surface area (TPSA) is 133 Å². The van der Waals surface area contributed by atoms with E-state index in [9.17, 15) is 31.9 Å². The number of rotatable bonds is 8. The highest BCUT2D eigenvalue weighted by Gasteiger charge is 2.36. The van der Waals surface area contributed by atoms with Crippen LogP contribution in [0.4, 0.5) is 14.5 Å². The molecule has 2 aliphatic heterocycles. The second-order valence-electron chi connectivity index (χ2n) is 8.43. The third-order valence-electron chi connectivity index (χ3n) is 6.40. The average Bonchev–Trinajstić information content (AvgIpc) is 3.30. The Kier molecular flexibility index (Phi) is 8.26. The number of benzene rings is 1. The van der Waals surface area contributed by atoms with Gasteiger partial charge in [0.25, 0.3) is 6.08 Å². The van der Waals surface area contributed by atoms with Crippen molar-refractivity contribution < 1.29 is 31.9 Å². The molecule has 4 N–H and O–H groups in total. The van der Waals surface area contributed by atoms with Gasteiger partial charge in [0.05, 0.1) is 17.5 Å². The van der Waals surface area contributed by atoms with Gasteiger partial charge in [-0.05, 0) is 55.4 Å². The van der Waals surface area contributed by atoms with Crippen molar-refractivity contribution in [3.8, 4) is 0 Å². The number of primary amides is 1. The van der Waals surface area contributed by atoms with Crippen molar-refractivity contribution in [3.63, 3.8) is 0 Å². The molecule has 0 saturated carbocycles. The van der Waals surface area contributed by atoms with Crippen LogP contribution in [0.15, 0.2) is 34.7 Å². The van der Waals surface area contributed by atoms with E-state index in [1.54, 1.807) is 19.1 Å². The summed E-state index contributed by atoms with van der Waals surface area (Å²) in [5.74, 6) is -2.05. The van der Waals surface area contributed by atoms with Crippen molar-refractivity contribution in [2.45, 2.75) is 56.0 Å². The van der Waals surface area contributed by atoms with Crippen molar-refractivity contribution in [1.29, 1.82) is 0 Å². The molecule has 1 aromatic carbocycles. The van der Waals surface area contributed by atoms with Gasteiger partial charge in [0.2, 0.25) is 21.8 Å². The summed E-state index contributed by atoms with van der Waals surface area (Å²) in [6, 6.07) is 2.75. The number of aliphatic hydroxyl groups is 1. The second kappa shape index (κ2) is 10.8. The third kappa shape index (κ3) is 5.39. The summed E-state index contributed by atoms with van der Waals surface area (Å²) >= 11 is 0. The van der Waals surface area contributed by atoms with Gasteiger partial charge in [-0.15, -0.1) is 0 Å². The van der Waals surface area contributed by atoms with E-state index in [-0.39, 0.29) is 49.0 Å². The summed E-state index contributed by atoms with van der Waals surface area (Å²) in [6.07, 6.45) is 0.0961. The largest absolute Gasteiger partial charge is 0.394 e. The van der Waals surface area contributed by atoms with Crippen LogP contribution in [0.25, 0.3) is 0 Å². The molecule has 2 fully saturated rings. The number of hydrogen-bond acceptors (Lipinski definition) is 6. The van der Waals surface area contributed by atoms with Crippen LogP contribution in [-0.2, 0) is 26.0 Å². The fraction of sp³-hybridized carbons (Fsp3) is 0.545. The zero-order valence-electron chi connectivity index (χ0n) is 19.0. The molecular formula is C22H30F2N4O5S. The van der Waals surface area contributed by atoms with Gasteiger partial charge in [0.15, 0.2) is 6.04 Å². The number of nitrogens with zero attached hydrogens (tertiary/aromatic N) is 2. The van der Waals surface area contributed by atoms with E-state index in [0.29, 0.717) is 24.2 Å². The number of nitrogens with two attached hydrogens (primary N) is 1. The van der Waals surface area contributed by atoms with Crippen LogP contribution in [0.2, 0.25) is 0 Å².